The summed E-state index contributed by atoms with van der Waals surface area (Å²) in [6.07, 6.45) is 6.70. The number of benzene rings is 1. The molecule has 1 aromatic rings. The molecule has 20 heavy (non-hydrogen) atoms. The summed E-state index contributed by atoms with van der Waals surface area (Å²) in [7, 11) is 0. The lowest BCUT2D eigenvalue weighted by Crippen LogP contribution is -2.24. The van der Waals surface area contributed by atoms with E-state index < -0.39 is 0 Å². The molecule has 1 heterocycles. The first-order valence-corrected chi connectivity index (χ1v) is 7.48. The summed E-state index contributed by atoms with van der Waals surface area (Å²) in [6, 6.07) is 8.52. The van der Waals surface area contributed by atoms with Crippen LogP contribution in [0, 0.1) is 0 Å². The Kier molecular flexibility index (Phi) is 5.81. The summed E-state index contributed by atoms with van der Waals surface area (Å²) < 4.78 is 0. The molecule has 0 aliphatic carbocycles. The summed E-state index contributed by atoms with van der Waals surface area (Å²) >= 11 is 0. The van der Waals surface area contributed by atoms with Gasteiger partial charge in [-0.3, -0.25) is 9.69 Å². The fraction of sp³-hybridized carbons (Fsp3) is 0.471. The Morgan fingerprint density at radius 2 is 1.70 bits per heavy atom. The zero-order valence-electron chi connectivity index (χ0n) is 12.1. The second kappa shape index (κ2) is 7.85. The van der Waals surface area contributed by atoms with Crippen molar-refractivity contribution >= 4 is 5.91 Å². The maximum absolute atomic E-state index is 11.1. The van der Waals surface area contributed by atoms with E-state index in [0.717, 1.165) is 12.1 Å². The fourth-order valence-electron chi connectivity index (χ4n) is 2.58. The number of amides is 1. The number of nitrogens with one attached hydrogen (secondary N) is 1. The predicted molar refractivity (Wildman–Crippen MR) is 82.2 cm³/mol. The molecule has 1 aromatic carbocycles. The van der Waals surface area contributed by atoms with Crippen LogP contribution in [-0.4, -0.2) is 23.9 Å². The van der Waals surface area contributed by atoms with Gasteiger partial charge in [0.2, 0.25) is 5.91 Å². The summed E-state index contributed by atoms with van der Waals surface area (Å²) in [4.78, 5) is 13.7. The van der Waals surface area contributed by atoms with Crippen molar-refractivity contribution in [2.24, 2.45) is 0 Å². The van der Waals surface area contributed by atoms with Crippen LogP contribution in [0.3, 0.4) is 0 Å². The Morgan fingerprint density at radius 3 is 2.30 bits per heavy atom. The molecule has 0 spiro atoms. The van der Waals surface area contributed by atoms with E-state index in [-0.39, 0.29) is 5.91 Å². The lowest BCUT2D eigenvalue weighted by atomic mass is 10.1. The minimum Gasteiger partial charge on any atom is -0.348 e. The second-order valence-corrected chi connectivity index (χ2v) is 5.43. The third-order valence-electron chi connectivity index (χ3n) is 3.78. The lowest BCUT2D eigenvalue weighted by molar-refractivity contribution is -0.116. The minimum absolute atomic E-state index is 0.126. The van der Waals surface area contributed by atoms with Gasteiger partial charge in [0.25, 0.3) is 0 Å². The molecular weight excluding hydrogens is 248 g/mol. The molecule has 0 saturated carbocycles. The fourth-order valence-corrected chi connectivity index (χ4v) is 2.58. The quantitative estimate of drug-likeness (QED) is 0.836. The summed E-state index contributed by atoms with van der Waals surface area (Å²) in [5.41, 5.74) is 2.48. The highest BCUT2D eigenvalue weighted by atomic mass is 16.1. The van der Waals surface area contributed by atoms with E-state index in [1.165, 1.54) is 50.4 Å². The number of carbonyl (C=O) groups excluding carboxylic acids is 1. The van der Waals surface area contributed by atoms with Crippen LogP contribution in [0.15, 0.2) is 36.9 Å². The molecule has 0 radical (unpaired) electrons. The van der Waals surface area contributed by atoms with Crippen molar-refractivity contribution in [3.05, 3.63) is 48.0 Å². The number of rotatable bonds is 5. The monoisotopic (exact) mass is 272 g/mol. The Balaban J connectivity index is 1.84. The Labute approximate surface area is 121 Å². The van der Waals surface area contributed by atoms with E-state index in [2.05, 4.69) is 41.1 Å². The molecule has 1 aliphatic rings. The first-order chi connectivity index (χ1) is 9.78. The van der Waals surface area contributed by atoms with E-state index in [1.807, 2.05) is 0 Å². The van der Waals surface area contributed by atoms with E-state index in [4.69, 9.17) is 0 Å². The normalized spacial score (nSPS) is 16.4. The molecule has 3 heteroatoms. The van der Waals surface area contributed by atoms with Gasteiger partial charge in [0.05, 0.1) is 0 Å². The number of likely N-dealkylation sites (tertiary alicyclic amines) is 1. The molecule has 0 atom stereocenters. The predicted octanol–water partition coefficient (Wildman–Crippen LogP) is 2.86. The molecule has 2 rings (SSSR count). The molecule has 1 saturated heterocycles. The van der Waals surface area contributed by atoms with Gasteiger partial charge in [-0.2, -0.15) is 0 Å². The van der Waals surface area contributed by atoms with Crippen molar-refractivity contribution < 1.29 is 4.79 Å². The van der Waals surface area contributed by atoms with Crippen molar-refractivity contribution in [3.8, 4) is 0 Å². The van der Waals surface area contributed by atoms with Gasteiger partial charge in [0.1, 0.15) is 0 Å². The molecule has 0 aromatic heterocycles. The Morgan fingerprint density at radius 1 is 1.10 bits per heavy atom. The van der Waals surface area contributed by atoms with Crippen LogP contribution in [0.25, 0.3) is 0 Å². The molecular formula is C17H24N2O. The Hall–Kier alpha value is -1.61. The topological polar surface area (TPSA) is 32.3 Å². The largest absolute Gasteiger partial charge is 0.348 e. The van der Waals surface area contributed by atoms with Crippen molar-refractivity contribution in [2.45, 2.75) is 38.8 Å². The number of hydrogen-bond donors (Lipinski definition) is 1. The van der Waals surface area contributed by atoms with Gasteiger partial charge in [-0.15, -0.1) is 0 Å². The molecule has 1 fully saturated rings. The van der Waals surface area contributed by atoms with Crippen LogP contribution < -0.4 is 5.32 Å². The zero-order valence-corrected chi connectivity index (χ0v) is 12.1. The molecule has 0 unspecified atom stereocenters. The van der Waals surface area contributed by atoms with E-state index in [1.54, 1.807) is 0 Å². The highest BCUT2D eigenvalue weighted by Crippen LogP contribution is 2.13. The Bertz CT molecular complexity index is 431. The third kappa shape index (κ3) is 4.82. The van der Waals surface area contributed by atoms with Crippen molar-refractivity contribution in [3.63, 3.8) is 0 Å². The molecule has 1 N–H and O–H groups in total. The molecule has 108 valence electrons. The lowest BCUT2D eigenvalue weighted by Gasteiger charge is -2.19. The van der Waals surface area contributed by atoms with Crippen LogP contribution in [-0.2, 0) is 17.9 Å². The number of hydrogen-bond acceptors (Lipinski definition) is 2. The third-order valence-corrected chi connectivity index (χ3v) is 3.78. The van der Waals surface area contributed by atoms with Crippen LogP contribution in [0.1, 0.15) is 36.8 Å². The molecule has 3 nitrogen and oxygen atoms in total. The molecule has 1 amide bonds. The van der Waals surface area contributed by atoms with Gasteiger partial charge in [0, 0.05) is 13.1 Å². The second-order valence-electron chi connectivity index (χ2n) is 5.43. The van der Waals surface area contributed by atoms with Gasteiger partial charge < -0.3 is 5.32 Å². The van der Waals surface area contributed by atoms with Crippen molar-refractivity contribution in [2.75, 3.05) is 13.1 Å². The molecule has 0 bridgehead atoms. The van der Waals surface area contributed by atoms with Gasteiger partial charge in [-0.25, -0.2) is 0 Å². The van der Waals surface area contributed by atoms with Gasteiger partial charge in [-0.05, 0) is 43.1 Å². The maximum Gasteiger partial charge on any atom is 0.243 e. The average Bonchev–Trinajstić information content (AvgIpc) is 2.75. The minimum atomic E-state index is -0.126. The zero-order chi connectivity index (χ0) is 14.2. The summed E-state index contributed by atoms with van der Waals surface area (Å²) in [6.45, 7) is 7.49. The number of carbonyl (C=O) groups is 1. The van der Waals surface area contributed by atoms with Crippen molar-refractivity contribution in [1.82, 2.24) is 10.2 Å². The smallest absolute Gasteiger partial charge is 0.243 e. The average molecular weight is 272 g/mol. The van der Waals surface area contributed by atoms with Gasteiger partial charge in [0.15, 0.2) is 0 Å². The van der Waals surface area contributed by atoms with Crippen LogP contribution in [0.5, 0.6) is 0 Å². The van der Waals surface area contributed by atoms with E-state index in [9.17, 15) is 4.79 Å². The van der Waals surface area contributed by atoms with Crippen LogP contribution in [0.4, 0.5) is 0 Å². The number of nitrogens with zero attached hydrogens (tertiary/aromatic N) is 1. The SMILES string of the molecule is C=CC(=O)NCc1ccc(CN2CCCCCC2)cc1. The standard InChI is InChI=1S/C17H24N2O/c1-2-17(20)18-13-15-7-9-16(10-8-15)14-19-11-5-3-4-6-12-19/h2,7-10H,1,3-6,11-14H2,(H,18,20). The van der Waals surface area contributed by atoms with E-state index >= 15 is 0 Å². The highest BCUT2D eigenvalue weighted by Gasteiger charge is 2.09. The first-order valence-electron chi connectivity index (χ1n) is 7.48. The van der Waals surface area contributed by atoms with Crippen molar-refractivity contribution in [1.29, 1.82) is 0 Å². The highest BCUT2D eigenvalue weighted by molar-refractivity contribution is 5.86. The first kappa shape index (κ1) is 14.8. The summed E-state index contributed by atoms with van der Waals surface area (Å²) in [5, 5.41) is 2.79. The molecule has 1 aliphatic heterocycles. The van der Waals surface area contributed by atoms with Crippen LogP contribution >= 0.6 is 0 Å². The van der Waals surface area contributed by atoms with Gasteiger partial charge >= 0.3 is 0 Å². The summed E-state index contributed by atoms with van der Waals surface area (Å²) in [5.74, 6) is -0.126. The van der Waals surface area contributed by atoms with E-state index in [0.29, 0.717) is 6.54 Å². The van der Waals surface area contributed by atoms with Gasteiger partial charge in [-0.1, -0.05) is 43.7 Å². The van der Waals surface area contributed by atoms with Crippen LogP contribution in [0.2, 0.25) is 0 Å². The maximum atomic E-state index is 11.1.